The molecule has 2 aliphatic carbocycles. The number of hydrogen-bond donors (Lipinski definition) is 0. The van der Waals surface area contributed by atoms with Gasteiger partial charge in [-0.15, -0.1) is 0 Å². The van der Waals surface area contributed by atoms with Gasteiger partial charge in [0.15, 0.2) is 0 Å². The van der Waals surface area contributed by atoms with E-state index < -0.39 is 12.5 Å². The van der Waals surface area contributed by atoms with E-state index in [1.807, 2.05) is 0 Å². The fourth-order valence-electron chi connectivity index (χ4n) is 6.74. The number of anilines is 1. The molecule has 6 heteroatoms. The largest absolute Gasteiger partial charge is 0.494 e. The van der Waals surface area contributed by atoms with Crippen molar-refractivity contribution in [1.82, 2.24) is 4.90 Å². The third-order valence-electron chi connectivity index (χ3n) is 9.61. The highest BCUT2D eigenvalue weighted by atomic mass is 16.7. The van der Waals surface area contributed by atoms with Crippen molar-refractivity contribution in [3.63, 3.8) is 0 Å². The maximum absolute atomic E-state index is 13.6. The number of carbonyl (C=O) groups excluding carboxylic acids is 1. The van der Waals surface area contributed by atoms with Crippen molar-refractivity contribution in [2.45, 2.75) is 108 Å². The Hall–Kier alpha value is -1.37. The van der Waals surface area contributed by atoms with Gasteiger partial charge in [-0.05, 0) is 96.7 Å². The van der Waals surface area contributed by atoms with Crippen molar-refractivity contribution in [2.75, 3.05) is 11.4 Å². The summed E-state index contributed by atoms with van der Waals surface area (Å²) < 4.78 is 12.6. The van der Waals surface area contributed by atoms with Gasteiger partial charge in [0.2, 0.25) is 5.91 Å². The first-order valence-electron chi connectivity index (χ1n) is 12.6. The Kier molecular flexibility index (Phi) is 4.38. The van der Waals surface area contributed by atoms with E-state index in [9.17, 15) is 4.79 Å². The van der Waals surface area contributed by atoms with E-state index in [1.54, 1.807) is 0 Å². The highest BCUT2D eigenvalue weighted by Crippen LogP contribution is 2.48. The molecule has 2 atom stereocenters. The standard InChI is InChI=1S/C26H37BN2O3/c1-24(2)21-10-8-17(27-31-25(3,4)26(5,6)32-27)12-22(21)29(23(24)30)20-13-19(14-20)28-15-16-7-9-18(28)11-16/h8,10,12,16,18-20H,7,9,11,13-15H2,1-6H3/t16-,18+,19-,20+/m0/s1. The van der Waals surface area contributed by atoms with Crippen molar-refractivity contribution in [3.05, 3.63) is 23.8 Å². The zero-order valence-corrected chi connectivity index (χ0v) is 20.5. The second-order valence-corrected chi connectivity index (χ2v) is 12.5. The van der Waals surface area contributed by atoms with E-state index in [0.717, 1.165) is 41.5 Å². The van der Waals surface area contributed by atoms with Gasteiger partial charge < -0.3 is 14.2 Å². The molecule has 0 spiro atoms. The third-order valence-corrected chi connectivity index (χ3v) is 9.61. The smallest absolute Gasteiger partial charge is 0.399 e. The lowest BCUT2D eigenvalue weighted by atomic mass is 9.76. The van der Waals surface area contributed by atoms with Crippen LogP contribution in [0.15, 0.2) is 18.2 Å². The second kappa shape index (κ2) is 6.61. The van der Waals surface area contributed by atoms with E-state index in [1.165, 1.54) is 25.8 Å². The van der Waals surface area contributed by atoms with Crippen molar-refractivity contribution in [1.29, 1.82) is 0 Å². The molecule has 2 bridgehead atoms. The molecule has 0 unspecified atom stereocenters. The Morgan fingerprint density at radius 1 is 0.906 bits per heavy atom. The van der Waals surface area contributed by atoms with Gasteiger partial charge >= 0.3 is 7.12 Å². The highest BCUT2D eigenvalue weighted by Gasteiger charge is 2.54. The number of likely N-dealkylation sites (tertiary alicyclic amines) is 1. The molecule has 5 nitrogen and oxygen atoms in total. The van der Waals surface area contributed by atoms with Crippen molar-refractivity contribution in [2.24, 2.45) is 5.92 Å². The number of benzene rings is 1. The Balaban J connectivity index is 1.26. The number of hydrogen-bond acceptors (Lipinski definition) is 4. The van der Waals surface area contributed by atoms with Crippen LogP contribution in [0, 0.1) is 5.92 Å². The predicted octanol–water partition coefficient (Wildman–Crippen LogP) is 3.63. The van der Waals surface area contributed by atoms with E-state index in [2.05, 4.69) is 69.5 Å². The van der Waals surface area contributed by atoms with Gasteiger partial charge in [0.1, 0.15) is 0 Å². The molecule has 4 fully saturated rings. The zero-order valence-electron chi connectivity index (χ0n) is 20.5. The van der Waals surface area contributed by atoms with Gasteiger partial charge in [0, 0.05) is 30.4 Å². The van der Waals surface area contributed by atoms with Crippen LogP contribution in [0.5, 0.6) is 0 Å². The van der Waals surface area contributed by atoms with Crippen LogP contribution in [0.25, 0.3) is 0 Å². The molecule has 2 saturated carbocycles. The Morgan fingerprint density at radius 3 is 2.19 bits per heavy atom. The van der Waals surface area contributed by atoms with Gasteiger partial charge in [0.05, 0.1) is 16.6 Å². The number of fused-ring (bicyclic) bond motifs is 3. The van der Waals surface area contributed by atoms with Crippen LogP contribution in [0.2, 0.25) is 0 Å². The Bertz CT molecular complexity index is 952. The van der Waals surface area contributed by atoms with Gasteiger partial charge in [-0.2, -0.15) is 0 Å². The molecule has 0 aromatic heterocycles. The molecule has 1 aromatic carbocycles. The van der Waals surface area contributed by atoms with Crippen LogP contribution >= 0.6 is 0 Å². The first kappa shape index (κ1) is 21.2. The number of amides is 1. The van der Waals surface area contributed by atoms with E-state index in [4.69, 9.17) is 9.31 Å². The lowest BCUT2D eigenvalue weighted by Gasteiger charge is -2.48. The molecule has 1 amide bonds. The molecule has 172 valence electrons. The normalized spacial score (nSPS) is 36.6. The van der Waals surface area contributed by atoms with E-state index in [0.29, 0.717) is 12.1 Å². The summed E-state index contributed by atoms with van der Waals surface area (Å²) in [5.74, 6) is 1.17. The summed E-state index contributed by atoms with van der Waals surface area (Å²) in [6, 6.07) is 8.14. The molecular weight excluding hydrogens is 399 g/mol. The van der Waals surface area contributed by atoms with Crippen molar-refractivity contribution in [3.8, 4) is 0 Å². The molecule has 0 radical (unpaired) electrons. The van der Waals surface area contributed by atoms with Crippen LogP contribution in [-0.2, 0) is 19.5 Å². The Morgan fingerprint density at radius 2 is 1.59 bits per heavy atom. The monoisotopic (exact) mass is 436 g/mol. The van der Waals surface area contributed by atoms with Crippen LogP contribution < -0.4 is 10.4 Å². The molecule has 1 aromatic rings. The number of nitrogens with zero attached hydrogens (tertiary/aromatic N) is 2. The summed E-state index contributed by atoms with van der Waals surface area (Å²) in [6.45, 7) is 13.7. The lowest BCUT2D eigenvalue weighted by Crippen LogP contribution is -2.57. The van der Waals surface area contributed by atoms with Gasteiger partial charge in [-0.1, -0.05) is 12.1 Å². The number of piperidine rings is 1. The van der Waals surface area contributed by atoms with E-state index in [-0.39, 0.29) is 17.1 Å². The van der Waals surface area contributed by atoms with Crippen LogP contribution in [-0.4, -0.2) is 53.8 Å². The SMILES string of the molecule is CC1(C)C(=O)N([C@H]2C[C@@H](N3C[C@H]4CC[C@@H]3C4)C2)c2cc(B3OC(C)(C)C(C)(C)O3)ccc21. The van der Waals surface area contributed by atoms with Crippen molar-refractivity contribution < 1.29 is 14.1 Å². The van der Waals surface area contributed by atoms with Crippen molar-refractivity contribution >= 4 is 24.2 Å². The fraction of sp³-hybridized carbons (Fsp3) is 0.731. The molecule has 0 N–H and O–H groups in total. The van der Waals surface area contributed by atoms with Crippen LogP contribution in [0.4, 0.5) is 5.69 Å². The molecule has 3 aliphatic heterocycles. The van der Waals surface area contributed by atoms with Gasteiger partial charge in [0.25, 0.3) is 0 Å². The second-order valence-electron chi connectivity index (χ2n) is 12.5. The van der Waals surface area contributed by atoms with Crippen LogP contribution in [0.1, 0.15) is 79.2 Å². The summed E-state index contributed by atoms with van der Waals surface area (Å²) in [4.78, 5) is 18.4. The van der Waals surface area contributed by atoms with Crippen LogP contribution in [0.3, 0.4) is 0 Å². The number of carbonyl (C=O) groups is 1. The molecular formula is C26H37BN2O3. The Labute approximate surface area is 193 Å². The minimum atomic E-state index is -0.485. The summed E-state index contributed by atoms with van der Waals surface area (Å²) in [7, 11) is -0.403. The maximum Gasteiger partial charge on any atom is 0.494 e. The third kappa shape index (κ3) is 2.85. The first-order chi connectivity index (χ1) is 15.0. The summed E-state index contributed by atoms with van der Waals surface area (Å²) in [5, 5.41) is 0. The zero-order chi connectivity index (χ0) is 22.6. The topological polar surface area (TPSA) is 42.0 Å². The highest BCUT2D eigenvalue weighted by molar-refractivity contribution is 6.62. The predicted molar refractivity (Wildman–Crippen MR) is 127 cm³/mol. The average molecular weight is 436 g/mol. The molecule has 5 aliphatic rings. The summed E-state index contributed by atoms with van der Waals surface area (Å²) >= 11 is 0. The summed E-state index contributed by atoms with van der Waals surface area (Å²) in [6.07, 6.45) is 6.40. The molecule has 3 heterocycles. The van der Waals surface area contributed by atoms with E-state index >= 15 is 0 Å². The van der Waals surface area contributed by atoms with Gasteiger partial charge in [-0.25, -0.2) is 0 Å². The number of rotatable bonds is 3. The fourth-order valence-corrected chi connectivity index (χ4v) is 6.74. The first-order valence-corrected chi connectivity index (χ1v) is 12.6. The lowest BCUT2D eigenvalue weighted by molar-refractivity contribution is -0.123. The quantitative estimate of drug-likeness (QED) is 0.679. The van der Waals surface area contributed by atoms with Gasteiger partial charge in [-0.3, -0.25) is 9.69 Å². The summed E-state index contributed by atoms with van der Waals surface area (Å²) in [5.41, 5.74) is 1.97. The average Bonchev–Trinajstić information content (AvgIpc) is 3.39. The molecule has 2 saturated heterocycles. The minimum Gasteiger partial charge on any atom is -0.399 e. The molecule has 32 heavy (non-hydrogen) atoms. The minimum absolute atomic E-state index is 0.241. The maximum atomic E-state index is 13.6. The molecule has 6 rings (SSSR count).